The second-order valence-corrected chi connectivity index (χ2v) is 5.14. The number of benzene rings is 1. The molecule has 0 atom stereocenters. The number of pyridine rings is 1. The van der Waals surface area contributed by atoms with Crippen LogP contribution < -0.4 is 4.74 Å². The summed E-state index contributed by atoms with van der Waals surface area (Å²) >= 11 is 0. The van der Waals surface area contributed by atoms with Gasteiger partial charge in [-0.1, -0.05) is 12.1 Å². The maximum Gasteiger partial charge on any atom is 0.157 e. The SMILES string of the molecule is COCCn1ncc2cc(Cc3ccc(OC)cc3)cnc21. The van der Waals surface area contributed by atoms with Crippen LogP contribution in [0, 0.1) is 0 Å². The van der Waals surface area contributed by atoms with E-state index in [0.29, 0.717) is 13.2 Å². The van der Waals surface area contributed by atoms with Crippen molar-refractivity contribution in [3.05, 3.63) is 53.9 Å². The molecule has 0 spiro atoms. The van der Waals surface area contributed by atoms with Crippen molar-refractivity contribution in [2.45, 2.75) is 13.0 Å². The topological polar surface area (TPSA) is 49.2 Å². The summed E-state index contributed by atoms with van der Waals surface area (Å²) < 4.78 is 12.1. The molecule has 0 amide bonds. The van der Waals surface area contributed by atoms with Crippen molar-refractivity contribution in [1.29, 1.82) is 0 Å². The molecule has 0 aliphatic heterocycles. The van der Waals surface area contributed by atoms with Crippen molar-refractivity contribution in [2.24, 2.45) is 0 Å². The summed E-state index contributed by atoms with van der Waals surface area (Å²) in [5.74, 6) is 0.872. The van der Waals surface area contributed by atoms with E-state index in [0.717, 1.165) is 23.2 Å². The van der Waals surface area contributed by atoms with Crippen molar-refractivity contribution in [3.8, 4) is 5.75 Å². The smallest absolute Gasteiger partial charge is 0.157 e. The zero-order valence-corrected chi connectivity index (χ0v) is 12.8. The Morgan fingerprint density at radius 2 is 1.86 bits per heavy atom. The van der Waals surface area contributed by atoms with Gasteiger partial charge < -0.3 is 9.47 Å². The summed E-state index contributed by atoms with van der Waals surface area (Å²) in [6.45, 7) is 1.34. The quantitative estimate of drug-likeness (QED) is 0.702. The van der Waals surface area contributed by atoms with Crippen LogP contribution in [0.1, 0.15) is 11.1 Å². The number of methoxy groups -OCH3 is 2. The van der Waals surface area contributed by atoms with Crippen molar-refractivity contribution in [2.75, 3.05) is 20.8 Å². The fourth-order valence-electron chi connectivity index (χ4n) is 2.43. The van der Waals surface area contributed by atoms with Crippen LogP contribution in [0.3, 0.4) is 0 Å². The molecule has 0 fully saturated rings. The third-order valence-corrected chi connectivity index (χ3v) is 3.61. The fourth-order valence-corrected chi connectivity index (χ4v) is 2.43. The molecular formula is C17H19N3O2. The molecule has 0 aliphatic rings. The first-order valence-electron chi connectivity index (χ1n) is 7.22. The Morgan fingerprint density at radius 3 is 2.59 bits per heavy atom. The second kappa shape index (κ2) is 6.58. The summed E-state index contributed by atoms with van der Waals surface area (Å²) in [7, 11) is 3.36. The maximum atomic E-state index is 5.18. The van der Waals surface area contributed by atoms with E-state index in [1.165, 1.54) is 11.1 Å². The van der Waals surface area contributed by atoms with Crippen LogP contribution in [-0.2, 0) is 17.7 Å². The number of hydrogen-bond acceptors (Lipinski definition) is 4. The average molecular weight is 297 g/mol. The normalized spacial score (nSPS) is 11.0. The number of ether oxygens (including phenoxy) is 2. The predicted molar refractivity (Wildman–Crippen MR) is 85.2 cm³/mol. The van der Waals surface area contributed by atoms with Crippen molar-refractivity contribution < 1.29 is 9.47 Å². The summed E-state index contributed by atoms with van der Waals surface area (Å²) in [5, 5.41) is 5.42. The predicted octanol–water partition coefficient (Wildman–Crippen LogP) is 2.68. The van der Waals surface area contributed by atoms with Crippen LogP contribution in [0.15, 0.2) is 42.7 Å². The van der Waals surface area contributed by atoms with E-state index in [1.54, 1.807) is 14.2 Å². The summed E-state index contributed by atoms with van der Waals surface area (Å²) in [6.07, 6.45) is 4.61. The molecule has 2 heterocycles. The Labute approximate surface area is 129 Å². The van der Waals surface area contributed by atoms with Gasteiger partial charge in [0.15, 0.2) is 5.65 Å². The molecule has 114 valence electrons. The lowest BCUT2D eigenvalue weighted by atomic mass is 10.1. The third-order valence-electron chi connectivity index (χ3n) is 3.61. The van der Waals surface area contributed by atoms with Crippen LogP contribution in [0.5, 0.6) is 5.75 Å². The second-order valence-electron chi connectivity index (χ2n) is 5.14. The molecule has 22 heavy (non-hydrogen) atoms. The largest absolute Gasteiger partial charge is 0.497 e. The van der Waals surface area contributed by atoms with Crippen LogP contribution in [-0.4, -0.2) is 35.6 Å². The molecular weight excluding hydrogens is 278 g/mol. The number of rotatable bonds is 6. The first-order chi connectivity index (χ1) is 10.8. The van der Waals surface area contributed by atoms with Crippen LogP contribution in [0.25, 0.3) is 11.0 Å². The van der Waals surface area contributed by atoms with E-state index in [4.69, 9.17) is 9.47 Å². The van der Waals surface area contributed by atoms with E-state index < -0.39 is 0 Å². The first-order valence-corrected chi connectivity index (χ1v) is 7.22. The fraction of sp³-hybridized carbons (Fsp3) is 0.294. The highest BCUT2D eigenvalue weighted by Crippen LogP contribution is 2.18. The monoisotopic (exact) mass is 297 g/mol. The molecule has 0 unspecified atom stereocenters. The van der Waals surface area contributed by atoms with Crippen LogP contribution in [0.2, 0.25) is 0 Å². The lowest BCUT2D eigenvalue weighted by molar-refractivity contribution is 0.184. The van der Waals surface area contributed by atoms with Crippen molar-refractivity contribution >= 4 is 11.0 Å². The van der Waals surface area contributed by atoms with Crippen LogP contribution in [0.4, 0.5) is 0 Å². The molecule has 5 heteroatoms. The highest BCUT2D eigenvalue weighted by molar-refractivity contribution is 5.75. The molecule has 0 bridgehead atoms. The van der Waals surface area contributed by atoms with Gasteiger partial charge in [-0.15, -0.1) is 0 Å². The van der Waals surface area contributed by atoms with Gasteiger partial charge in [0, 0.05) is 18.7 Å². The molecule has 0 saturated heterocycles. The minimum Gasteiger partial charge on any atom is -0.497 e. The lowest BCUT2D eigenvalue weighted by Gasteiger charge is -2.05. The van der Waals surface area contributed by atoms with Crippen LogP contribution >= 0.6 is 0 Å². The molecule has 0 radical (unpaired) electrons. The zero-order valence-electron chi connectivity index (χ0n) is 12.8. The third kappa shape index (κ3) is 3.09. The molecule has 3 rings (SSSR count). The highest BCUT2D eigenvalue weighted by atomic mass is 16.5. The highest BCUT2D eigenvalue weighted by Gasteiger charge is 2.06. The molecule has 5 nitrogen and oxygen atoms in total. The standard InChI is InChI=1S/C17H19N3O2/c1-21-8-7-20-17-15(12-19-20)10-14(11-18-17)9-13-3-5-16(22-2)6-4-13/h3-6,10-12H,7-9H2,1-2H3. The van der Waals surface area contributed by atoms with Gasteiger partial charge in [0.2, 0.25) is 0 Å². The van der Waals surface area contributed by atoms with Gasteiger partial charge in [-0.2, -0.15) is 5.10 Å². The molecule has 0 saturated carbocycles. The summed E-state index contributed by atoms with van der Waals surface area (Å²) in [6, 6.07) is 10.2. The Hall–Kier alpha value is -2.40. The molecule has 0 N–H and O–H groups in total. The number of nitrogens with zero attached hydrogens (tertiary/aromatic N) is 3. The molecule has 2 aromatic heterocycles. The summed E-state index contributed by atoms with van der Waals surface area (Å²) in [4.78, 5) is 4.54. The Morgan fingerprint density at radius 1 is 1.05 bits per heavy atom. The number of aromatic nitrogens is 3. The minimum absolute atomic E-state index is 0.631. The van der Waals surface area contributed by atoms with Gasteiger partial charge >= 0.3 is 0 Å². The zero-order chi connectivity index (χ0) is 15.4. The van der Waals surface area contributed by atoms with Gasteiger partial charge in [-0.05, 0) is 35.7 Å². The Balaban J connectivity index is 1.79. The Kier molecular flexibility index (Phi) is 4.34. The first kappa shape index (κ1) is 14.5. The van der Waals surface area contributed by atoms with Gasteiger partial charge in [0.05, 0.1) is 26.5 Å². The maximum absolute atomic E-state index is 5.18. The van der Waals surface area contributed by atoms with E-state index in [-0.39, 0.29) is 0 Å². The molecule has 0 aliphatic carbocycles. The van der Waals surface area contributed by atoms with Gasteiger partial charge in [0.1, 0.15) is 5.75 Å². The van der Waals surface area contributed by atoms with Crippen molar-refractivity contribution in [3.63, 3.8) is 0 Å². The lowest BCUT2D eigenvalue weighted by Crippen LogP contribution is -2.06. The van der Waals surface area contributed by atoms with E-state index in [2.05, 4.69) is 28.3 Å². The van der Waals surface area contributed by atoms with Gasteiger partial charge in [-0.3, -0.25) is 0 Å². The van der Waals surface area contributed by atoms with Gasteiger partial charge in [-0.25, -0.2) is 9.67 Å². The van der Waals surface area contributed by atoms with Gasteiger partial charge in [0.25, 0.3) is 0 Å². The summed E-state index contributed by atoms with van der Waals surface area (Å²) in [5.41, 5.74) is 3.30. The minimum atomic E-state index is 0.631. The van der Waals surface area contributed by atoms with Crippen molar-refractivity contribution in [1.82, 2.24) is 14.8 Å². The van der Waals surface area contributed by atoms with E-state index in [1.807, 2.05) is 29.2 Å². The number of fused-ring (bicyclic) bond motifs is 1. The van der Waals surface area contributed by atoms with E-state index >= 15 is 0 Å². The van der Waals surface area contributed by atoms with E-state index in [9.17, 15) is 0 Å². The molecule has 3 aromatic rings. The number of hydrogen-bond donors (Lipinski definition) is 0. The Bertz CT molecular complexity index is 750. The average Bonchev–Trinajstić information content (AvgIpc) is 2.96. The molecule has 1 aromatic carbocycles.